The van der Waals surface area contributed by atoms with Crippen molar-refractivity contribution in [2.45, 2.75) is 12.5 Å². The van der Waals surface area contributed by atoms with Gasteiger partial charge in [0.1, 0.15) is 5.69 Å². The molecule has 2 aromatic heterocycles. The van der Waals surface area contributed by atoms with E-state index in [1.807, 2.05) is 48.4 Å². The first kappa shape index (κ1) is 19.0. The fourth-order valence-corrected chi connectivity index (χ4v) is 4.25. The lowest BCUT2D eigenvalue weighted by Crippen LogP contribution is -2.13. The van der Waals surface area contributed by atoms with Gasteiger partial charge in [0.25, 0.3) is 0 Å². The van der Waals surface area contributed by atoms with Gasteiger partial charge in [-0.2, -0.15) is 5.10 Å². The largest absolute Gasteiger partial charge is 0.324 e. The molecule has 144 valence electrons. The number of nitrogens with one attached hydrogen (secondary N) is 1. The van der Waals surface area contributed by atoms with E-state index in [0.29, 0.717) is 11.1 Å². The standard InChI is InChI=1S/C21H20ClN5.ClH/c1-26-17-9-5-8-16(22)18(17)20(25-26)21-19(14-6-3-2-4-7-14)24-13-27(21)15-10-11-23-12-15;/h2-9,13,15,23H,10-12H2,1H3;1H. The predicted molar refractivity (Wildman–Crippen MR) is 116 cm³/mol. The lowest BCUT2D eigenvalue weighted by atomic mass is 10.1. The molecule has 3 heterocycles. The van der Waals surface area contributed by atoms with Crippen molar-refractivity contribution >= 4 is 34.9 Å². The molecule has 1 aliphatic heterocycles. The zero-order valence-corrected chi connectivity index (χ0v) is 17.0. The van der Waals surface area contributed by atoms with Crippen LogP contribution in [-0.2, 0) is 7.05 Å². The molecule has 1 aliphatic rings. The van der Waals surface area contributed by atoms with Crippen molar-refractivity contribution in [3.63, 3.8) is 0 Å². The second-order valence-electron chi connectivity index (χ2n) is 6.97. The zero-order valence-electron chi connectivity index (χ0n) is 15.5. The van der Waals surface area contributed by atoms with Crippen LogP contribution in [0.2, 0.25) is 5.02 Å². The van der Waals surface area contributed by atoms with Gasteiger partial charge in [-0.3, -0.25) is 4.68 Å². The van der Waals surface area contributed by atoms with E-state index in [2.05, 4.69) is 28.1 Å². The average molecular weight is 414 g/mol. The lowest BCUT2D eigenvalue weighted by molar-refractivity contribution is 0.550. The summed E-state index contributed by atoms with van der Waals surface area (Å²) in [6.07, 6.45) is 3.03. The van der Waals surface area contributed by atoms with Crippen molar-refractivity contribution < 1.29 is 0 Å². The first-order chi connectivity index (χ1) is 13.2. The summed E-state index contributed by atoms with van der Waals surface area (Å²) in [5.74, 6) is 0. The van der Waals surface area contributed by atoms with E-state index in [4.69, 9.17) is 21.7 Å². The van der Waals surface area contributed by atoms with Gasteiger partial charge < -0.3 is 9.88 Å². The normalized spacial score (nSPS) is 16.4. The number of hydrogen-bond acceptors (Lipinski definition) is 3. The minimum Gasteiger partial charge on any atom is -0.324 e. The zero-order chi connectivity index (χ0) is 18.4. The maximum Gasteiger partial charge on any atom is 0.120 e. The highest BCUT2D eigenvalue weighted by Gasteiger charge is 2.26. The van der Waals surface area contributed by atoms with E-state index >= 15 is 0 Å². The molecule has 0 spiro atoms. The third kappa shape index (κ3) is 3.00. The molecular formula is C21H21Cl2N5. The van der Waals surface area contributed by atoms with Crippen LogP contribution in [0.4, 0.5) is 0 Å². The highest BCUT2D eigenvalue weighted by atomic mass is 35.5. The van der Waals surface area contributed by atoms with Gasteiger partial charge in [-0.15, -0.1) is 12.4 Å². The van der Waals surface area contributed by atoms with Crippen LogP contribution >= 0.6 is 24.0 Å². The van der Waals surface area contributed by atoms with Gasteiger partial charge in [-0.05, 0) is 25.1 Å². The molecule has 0 bridgehead atoms. The molecule has 0 radical (unpaired) electrons. The van der Waals surface area contributed by atoms with Crippen LogP contribution < -0.4 is 5.32 Å². The second kappa shape index (κ2) is 7.59. The van der Waals surface area contributed by atoms with Gasteiger partial charge in [0.05, 0.1) is 28.3 Å². The average Bonchev–Trinajstić information content (AvgIpc) is 3.41. The summed E-state index contributed by atoms with van der Waals surface area (Å²) in [7, 11) is 1.96. The molecule has 1 saturated heterocycles. The molecule has 5 nitrogen and oxygen atoms in total. The van der Waals surface area contributed by atoms with Gasteiger partial charge in [0, 0.05) is 30.6 Å². The third-order valence-corrected chi connectivity index (χ3v) is 5.63. The van der Waals surface area contributed by atoms with Crippen LogP contribution in [0.15, 0.2) is 54.9 Å². The van der Waals surface area contributed by atoms with Crippen molar-refractivity contribution in [1.82, 2.24) is 24.6 Å². The Kier molecular flexibility index (Phi) is 5.15. The highest BCUT2D eigenvalue weighted by Crippen LogP contribution is 2.39. The summed E-state index contributed by atoms with van der Waals surface area (Å²) >= 11 is 6.61. The number of aromatic nitrogens is 4. The number of halogens is 2. The van der Waals surface area contributed by atoms with Crippen molar-refractivity contribution in [2.75, 3.05) is 13.1 Å². The predicted octanol–water partition coefficient (Wildman–Crippen LogP) is 4.71. The minimum atomic E-state index is 0. The molecule has 0 aliphatic carbocycles. The molecule has 1 atom stereocenters. The Morgan fingerprint density at radius 2 is 1.89 bits per heavy atom. The van der Waals surface area contributed by atoms with E-state index in [-0.39, 0.29) is 12.4 Å². The van der Waals surface area contributed by atoms with Crippen LogP contribution in [0, 0.1) is 0 Å². The topological polar surface area (TPSA) is 47.7 Å². The second-order valence-corrected chi connectivity index (χ2v) is 7.38. The SMILES string of the molecule is Cl.Cn1nc(-c2c(-c3ccccc3)ncn2C2CCNC2)c2c(Cl)cccc21. The molecule has 1 unspecified atom stereocenters. The number of nitrogens with zero attached hydrogens (tertiary/aromatic N) is 4. The Morgan fingerprint density at radius 1 is 1.07 bits per heavy atom. The van der Waals surface area contributed by atoms with Gasteiger partial charge in [0.15, 0.2) is 0 Å². The van der Waals surface area contributed by atoms with Crippen LogP contribution in [0.1, 0.15) is 12.5 Å². The molecule has 7 heteroatoms. The molecule has 5 rings (SSSR count). The Balaban J connectivity index is 0.00000192. The maximum atomic E-state index is 6.61. The van der Waals surface area contributed by atoms with Gasteiger partial charge in [0.2, 0.25) is 0 Å². The number of hydrogen-bond donors (Lipinski definition) is 1. The molecule has 0 amide bonds. The van der Waals surface area contributed by atoms with Crippen molar-refractivity contribution in [1.29, 1.82) is 0 Å². The van der Waals surface area contributed by atoms with Crippen molar-refractivity contribution in [3.8, 4) is 22.6 Å². The monoisotopic (exact) mass is 413 g/mol. The van der Waals surface area contributed by atoms with Gasteiger partial charge >= 0.3 is 0 Å². The van der Waals surface area contributed by atoms with Crippen LogP contribution in [0.3, 0.4) is 0 Å². The third-order valence-electron chi connectivity index (χ3n) is 5.32. The summed E-state index contributed by atoms with van der Waals surface area (Å²) in [5.41, 5.74) is 4.98. The summed E-state index contributed by atoms with van der Waals surface area (Å²) in [6.45, 7) is 1.96. The van der Waals surface area contributed by atoms with Gasteiger partial charge in [-0.25, -0.2) is 4.98 Å². The summed E-state index contributed by atoms with van der Waals surface area (Å²) in [6, 6.07) is 16.6. The van der Waals surface area contributed by atoms with Gasteiger partial charge in [-0.1, -0.05) is 48.0 Å². The van der Waals surface area contributed by atoms with E-state index in [0.717, 1.165) is 53.1 Å². The Bertz CT molecular complexity index is 1110. The maximum absolute atomic E-state index is 6.61. The molecular weight excluding hydrogens is 393 g/mol. The van der Waals surface area contributed by atoms with Crippen LogP contribution in [0.25, 0.3) is 33.5 Å². The number of benzene rings is 2. The Hall–Kier alpha value is -2.34. The lowest BCUT2D eigenvalue weighted by Gasteiger charge is -2.15. The smallest absolute Gasteiger partial charge is 0.120 e. The fourth-order valence-electron chi connectivity index (χ4n) is 3.99. The quantitative estimate of drug-likeness (QED) is 0.528. The minimum absolute atomic E-state index is 0. The molecule has 1 fully saturated rings. The Labute approximate surface area is 174 Å². The Morgan fingerprint density at radius 3 is 2.64 bits per heavy atom. The molecule has 1 N–H and O–H groups in total. The molecule has 4 aromatic rings. The van der Waals surface area contributed by atoms with E-state index < -0.39 is 0 Å². The summed E-state index contributed by atoms with van der Waals surface area (Å²) in [4.78, 5) is 4.80. The number of rotatable bonds is 3. The number of fused-ring (bicyclic) bond motifs is 1. The molecule has 0 saturated carbocycles. The summed E-state index contributed by atoms with van der Waals surface area (Å²) < 4.78 is 4.17. The van der Waals surface area contributed by atoms with Crippen molar-refractivity contribution in [3.05, 3.63) is 59.9 Å². The first-order valence-electron chi connectivity index (χ1n) is 9.18. The van der Waals surface area contributed by atoms with E-state index in [1.165, 1.54) is 0 Å². The number of imidazole rings is 1. The molecule has 28 heavy (non-hydrogen) atoms. The number of aryl methyl sites for hydroxylation is 1. The first-order valence-corrected chi connectivity index (χ1v) is 9.56. The van der Waals surface area contributed by atoms with Crippen molar-refractivity contribution in [2.24, 2.45) is 7.05 Å². The highest BCUT2D eigenvalue weighted by molar-refractivity contribution is 6.36. The summed E-state index contributed by atoms with van der Waals surface area (Å²) in [5, 5.41) is 10.0. The van der Waals surface area contributed by atoms with E-state index in [1.54, 1.807) is 0 Å². The fraction of sp³-hybridized carbons (Fsp3) is 0.238. The van der Waals surface area contributed by atoms with Crippen LogP contribution in [0.5, 0.6) is 0 Å². The van der Waals surface area contributed by atoms with Crippen LogP contribution in [-0.4, -0.2) is 32.4 Å². The van der Waals surface area contributed by atoms with E-state index in [9.17, 15) is 0 Å². The molecule has 2 aromatic carbocycles.